The van der Waals surface area contributed by atoms with Gasteiger partial charge in [0.15, 0.2) is 5.69 Å². The van der Waals surface area contributed by atoms with E-state index in [2.05, 4.69) is 143 Å². The van der Waals surface area contributed by atoms with Crippen molar-refractivity contribution in [1.29, 1.82) is 0 Å². The molecule has 218 valence electrons. The molecular formula is C43H24N2S2. The topological polar surface area (TPSA) is 9.29 Å². The summed E-state index contributed by atoms with van der Waals surface area (Å²) in [4.78, 5) is 3.84. The van der Waals surface area contributed by atoms with E-state index in [0.29, 0.717) is 5.69 Å². The molecule has 0 atom stereocenters. The lowest BCUT2D eigenvalue weighted by Gasteiger charge is -2.15. The van der Waals surface area contributed by atoms with Crippen LogP contribution in [0.1, 0.15) is 0 Å². The third-order valence-corrected chi connectivity index (χ3v) is 11.8. The Morgan fingerprint density at radius 2 is 1.13 bits per heavy atom. The van der Waals surface area contributed by atoms with Crippen LogP contribution in [-0.4, -0.2) is 4.57 Å². The average molecular weight is 633 g/mol. The Bertz CT molecular complexity index is 2860. The molecule has 47 heavy (non-hydrogen) atoms. The van der Waals surface area contributed by atoms with Crippen LogP contribution < -0.4 is 0 Å². The Kier molecular flexibility index (Phi) is 5.71. The highest BCUT2D eigenvalue weighted by Gasteiger charge is 2.18. The number of nitrogens with zero attached hydrogens (tertiary/aromatic N) is 2. The molecular weight excluding hydrogens is 609 g/mol. The monoisotopic (exact) mass is 632 g/mol. The van der Waals surface area contributed by atoms with Crippen molar-refractivity contribution < 1.29 is 0 Å². The van der Waals surface area contributed by atoms with Gasteiger partial charge in [-0.2, -0.15) is 0 Å². The predicted molar refractivity (Wildman–Crippen MR) is 204 cm³/mol. The van der Waals surface area contributed by atoms with Gasteiger partial charge in [0, 0.05) is 62.4 Å². The van der Waals surface area contributed by atoms with Crippen LogP contribution in [0.3, 0.4) is 0 Å². The minimum atomic E-state index is 0.634. The van der Waals surface area contributed by atoms with E-state index in [-0.39, 0.29) is 0 Å². The first-order chi connectivity index (χ1) is 23.2. The van der Waals surface area contributed by atoms with Crippen molar-refractivity contribution in [1.82, 2.24) is 4.57 Å². The molecule has 0 unspecified atom stereocenters. The molecule has 7 aromatic carbocycles. The third kappa shape index (κ3) is 3.95. The van der Waals surface area contributed by atoms with E-state index in [1.54, 1.807) is 0 Å². The van der Waals surface area contributed by atoms with Gasteiger partial charge in [0.25, 0.3) is 0 Å². The molecule has 0 bridgehead atoms. The maximum Gasteiger partial charge on any atom is 0.189 e. The molecule has 3 heterocycles. The molecule has 0 spiro atoms. The minimum absolute atomic E-state index is 0.634. The Balaban J connectivity index is 1.23. The van der Waals surface area contributed by atoms with Gasteiger partial charge in [-0.1, -0.05) is 97.1 Å². The summed E-state index contributed by atoms with van der Waals surface area (Å²) in [5.74, 6) is 0. The third-order valence-electron chi connectivity index (χ3n) is 9.42. The van der Waals surface area contributed by atoms with Gasteiger partial charge in [-0.25, -0.2) is 4.85 Å². The molecule has 0 amide bonds. The highest BCUT2D eigenvalue weighted by molar-refractivity contribution is 7.29. The summed E-state index contributed by atoms with van der Waals surface area (Å²) in [5.41, 5.74) is 8.68. The zero-order chi connectivity index (χ0) is 31.1. The molecule has 10 aromatic rings. The maximum absolute atomic E-state index is 7.85. The van der Waals surface area contributed by atoms with E-state index < -0.39 is 0 Å². The number of rotatable bonds is 3. The zero-order valence-corrected chi connectivity index (χ0v) is 26.7. The van der Waals surface area contributed by atoms with Crippen LogP contribution in [0.15, 0.2) is 146 Å². The molecule has 0 saturated carbocycles. The molecule has 0 aliphatic carbocycles. The van der Waals surface area contributed by atoms with Gasteiger partial charge in [-0.15, -0.1) is 22.7 Å². The summed E-state index contributed by atoms with van der Waals surface area (Å²) >= 11 is 3.76. The Hall–Kier alpha value is -5.73. The number of aromatic nitrogens is 1. The fourth-order valence-electron chi connectivity index (χ4n) is 7.27. The first-order valence-electron chi connectivity index (χ1n) is 15.6. The number of thiophene rings is 2. The summed E-state index contributed by atoms with van der Waals surface area (Å²) in [6, 6.07) is 52.3. The van der Waals surface area contributed by atoms with E-state index in [1.165, 1.54) is 62.2 Å². The SMILES string of the molecule is [C-]#[N+]c1ccc(-c2ccc3sc4ccc5c6cc(-c7ccccc7)ccc6sc5c4c3c2)c(-n2c3ccccc3c3ccccc32)c1. The van der Waals surface area contributed by atoms with Gasteiger partial charge in [0.2, 0.25) is 0 Å². The summed E-state index contributed by atoms with van der Waals surface area (Å²) in [6.45, 7) is 7.85. The van der Waals surface area contributed by atoms with E-state index in [0.717, 1.165) is 27.8 Å². The molecule has 2 nitrogen and oxygen atoms in total. The van der Waals surface area contributed by atoms with Crippen molar-refractivity contribution in [3.05, 3.63) is 157 Å². The van der Waals surface area contributed by atoms with Crippen molar-refractivity contribution in [3.8, 4) is 27.9 Å². The normalized spacial score (nSPS) is 11.8. The zero-order valence-electron chi connectivity index (χ0n) is 25.1. The first kappa shape index (κ1) is 26.5. The quantitative estimate of drug-likeness (QED) is 0.171. The molecule has 10 rings (SSSR count). The highest BCUT2D eigenvalue weighted by atomic mass is 32.1. The second kappa shape index (κ2) is 10.1. The Morgan fingerprint density at radius 1 is 0.468 bits per heavy atom. The summed E-state index contributed by atoms with van der Waals surface area (Å²) in [7, 11) is 0. The summed E-state index contributed by atoms with van der Waals surface area (Å²) in [5, 5.41) is 7.67. The van der Waals surface area contributed by atoms with Crippen LogP contribution in [0.5, 0.6) is 0 Å². The summed E-state index contributed by atoms with van der Waals surface area (Å²) in [6.07, 6.45) is 0. The van der Waals surface area contributed by atoms with Gasteiger partial charge < -0.3 is 4.57 Å². The van der Waals surface area contributed by atoms with Crippen LogP contribution in [-0.2, 0) is 0 Å². The number of hydrogen-bond donors (Lipinski definition) is 0. The lowest BCUT2D eigenvalue weighted by atomic mass is 9.99. The average Bonchev–Trinajstić information content (AvgIpc) is 3.80. The molecule has 0 aliphatic rings. The lowest BCUT2D eigenvalue weighted by Crippen LogP contribution is -1.97. The maximum atomic E-state index is 7.85. The second-order valence-corrected chi connectivity index (χ2v) is 14.1. The van der Waals surface area contributed by atoms with E-state index >= 15 is 0 Å². The standard InChI is InChI=1S/C43H24N2S2/c1-44-29-17-18-30(38(25-29)45-36-13-7-5-11-31(36)32-12-6-8-14-37(32)45)28-16-21-40-35(24-28)42-41(46-40)22-19-33-34-23-27(26-9-3-2-4-10-26)15-20-39(34)47-43(33)42/h2-25H. The molecule has 0 saturated heterocycles. The van der Waals surface area contributed by atoms with Crippen molar-refractivity contribution in [2.24, 2.45) is 0 Å². The van der Waals surface area contributed by atoms with Crippen LogP contribution >= 0.6 is 22.7 Å². The summed E-state index contributed by atoms with van der Waals surface area (Å²) < 4.78 is 7.59. The van der Waals surface area contributed by atoms with Crippen LogP contribution in [0.25, 0.3) is 94.9 Å². The second-order valence-electron chi connectivity index (χ2n) is 12.0. The van der Waals surface area contributed by atoms with Crippen molar-refractivity contribution in [2.45, 2.75) is 0 Å². The van der Waals surface area contributed by atoms with Gasteiger partial charge in [0.1, 0.15) is 0 Å². The largest absolute Gasteiger partial charge is 0.310 e. The van der Waals surface area contributed by atoms with Gasteiger partial charge >= 0.3 is 0 Å². The fourth-order valence-corrected chi connectivity index (χ4v) is 9.68. The minimum Gasteiger partial charge on any atom is -0.310 e. The van der Waals surface area contributed by atoms with Crippen molar-refractivity contribution in [3.63, 3.8) is 0 Å². The number of hydrogen-bond acceptors (Lipinski definition) is 2. The molecule has 0 aliphatic heterocycles. The molecule has 4 heteroatoms. The molecule has 0 radical (unpaired) electrons. The predicted octanol–water partition coefficient (Wildman–Crippen LogP) is 13.4. The Labute approximate surface area is 278 Å². The smallest absolute Gasteiger partial charge is 0.189 e. The molecule has 0 N–H and O–H groups in total. The highest BCUT2D eigenvalue weighted by Crippen LogP contribution is 2.47. The van der Waals surface area contributed by atoms with Crippen LogP contribution in [0, 0.1) is 6.57 Å². The van der Waals surface area contributed by atoms with Crippen LogP contribution in [0.2, 0.25) is 0 Å². The van der Waals surface area contributed by atoms with Crippen molar-refractivity contribution in [2.75, 3.05) is 0 Å². The first-order valence-corrected chi connectivity index (χ1v) is 17.3. The van der Waals surface area contributed by atoms with Crippen LogP contribution in [0.4, 0.5) is 5.69 Å². The van der Waals surface area contributed by atoms with E-state index in [1.807, 2.05) is 34.8 Å². The molecule has 3 aromatic heterocycles. The Morgan fingerprint density at radius 3 is 1.89 bits per heavy atom. The van der Waals surface area contributed by atoms with Gasteiger partial charge in [-0.05, 0) is 65.2 Å². The van der Waals surface area contributed by atoms with Gasteiger partial charge in [-0.3, -0.25) is 0 Å². The van der Waals surface area contributed by atoms with Crippen molar-refractivity contribution >= 4 is 90.5 Å². The number of benzene rings is 7. The van der Waals surface area contributed by atoms with E-state index in [9.17, 15) is 0 Å². The number of fused-ring (bicyclic) bond motifs is 10. The lowest BCUT2D eigenvalue weighted by molar-refractivity contribution is 1.18. The fraction of sp³-hybridized carbons (Fsp3) is 0. The molecule has 0 fully saturated rings. The van der Waals surface area contributed by atoms with Gasteiger partial charge in [0.05, 0.1) is 17.6 Å². The number of para-hydroxylation sites is 2. The van der Waals surface area contributed by atoms with E-state index in [4.69, 9.17) is 6.57 Å².